The molecule has 1 aromatic carbocycles. The van der Waals surface area contributed by atoms with Gasteiger partial charge in [-0.25, -0.2) is 0 Å². The van der Waals surface area contributed by atoms with Crippen LogP contribution in [-0.4, -0.2) is 24.3 Å². The summed E-state index contributed by atoms with van der Waals surface area (Å²) in [5.74, 6) is -0.0621. The summed E-state index contributed by atoms with van der Waals surface area (Å²) in [5.41, 5.74) is 3.19. The highest BCUT2D eigenvalue weighted by Crippen LogP contribution is 2.31. The molecule has 0 saturated heterocycles. The molecule has 7 nitrogen and oxygen atoms in total. The summed E-state index contributed by atoms with van der Waals surface area (Å²) < 4.78 is 5.42. The van der Waals surface area contributed by atoms with Gasteiger partial charge in [0.25, 0.3) is 0 Å². The number of carbonyl (C=O) groups is 3. The fourth-order valence-corrected chi connectivity index (χ4v) is 3.50. The van der Waals surface area contributed by atoms with Crippen LogP contribution in [-0.2, 0) is 27.3 Å². The summed E-state index contributed by atoms with van der Waals surface area (Å²) in [7, 11) is 0. The minimum Gasteiger partial charge on any atom is -0.466 e. The Balaban J connectivity index is 1.67. The van der Waals surface area contributed by atoms with Crippen LogP contribution in [0.1, 0.15) is 42.9 Å². The lowest BCUT2D eigenvalue weighted by atomic mass is 9.99. The van der Waals surface area contributed by atoms with Crippen molar-refractivity contribution in [2.75, 3.05) is 16.8 Å². The molecule has 2 heterocycles. The number of nitrogens with one attached hydrogen (secondary N) is 2. The van der Waals surface area contributed by atoms with Gasteiger partial charge in [0.1, 0.15) is 11.5 Å². The summed E-state index contributed by atoms with van der Waals surface area (Å²) in [5, 5.41) is 5.23. The highest BCUT2D eigenvalue weighted by Gasteiger charge is 2.25. The quantitative estimate of drug-likeness (QED) is 0.776. The van der Waals surface area contributed by atoms with Gasteiger partial charge in [-0.1, -0.05) is 19.9 Å². The first-order chi connectivity index (χ1) is 13.8. The van der Waals surface area contributed by atoms with Crippen LogP contribution >= 0.6 is 0 Å². The van der Waals surface area contributed by atoms with Crippen molar-refractivity contribution < 1.29 is 18.8 Å². The van der Waals surface area contributed by atoms with Crippen molar-refractivity contribution in [2.45, 2.75) is 47.1 Å². The molecule has 3 rings (SSSR count). The third-order valence-corrected chi connectivity index (χ3v) is 5.01. The van der Waals surface area contributed by atoms with Crippen molar-refractivity contribution in [1.29, 1.82) is 0 Å². The molecule has 0 fully saturated rings. The van der Waals surface area contributed by atoms with Gasteiger partial charge in [-0.2, -0.15) is 0 Å². The maximum Gasteiger partial charge on any atom is 0.313 e. The fourth-order valence-electron chi connectivity index (χ4n) is 3.50. The van der Waals surface area contributed by atoms with Gasteiger partial charge >= 0.3 is 11.8 Å². The van der Waals surface area contributed by atoms with E-state index in [1.807, 2.05) is 39.8 Å². The number of amides is 3. The lowest BCUT2D eigenvalue weighted by Crippen LogP contribution is -2.38. The number of hydrogen-bond donors (Lipinski definition) is 2. The van der Waals surface area contributed by atoms with Crippen LogP contribution in [0.15, 0.2) is 28.7 Å². The van der Waals surface area contributed by atoms with E-state index in [1.165, 1.54) is 0 Å². The van der Waals surface area contributed by atoms with E-state index in [2.05, 4.69) is 10.6 Å². The molecule has 0 spiro atoms. The topological polar surface area (TPSA) is 91.7 Å². The highest BCUT2D eigenvalue weighted by molar-refractivity contribution is 6.39. The van der Waals surface area contributed by atoms with E-state index in [-0.39, 0.29) is 18.4 Å². The van der Waals surface area contributed by atoms with Crippen molar-refractivity contribution in [3.63, 3.8) is 0 Å². The van der Waals surface area contributed by atoms with Crippen LogP contribution in [0.4, 0.5) is 11.4 Å². The Bertz CT molecular complexity index is 946. The predicted molar refractivity (Wildman–Crippen MR) is 111 cm³/mol. The summed E-state index contributed by atoms with van der Waals surface area (Å²) >= 11 is 0. The molecule has 0 unspecified atom stereocenters. The third-order valence-electron chi connectivity index (χ3n) is 5.01. The average Bonchev–Trinajstić information content (AvgIpc) is 3.01. The minimum absolute atomic E-state index is 0.0537. The Labute approximate surface area is 170 Å². The Morgan fingerprint density at radius 1 is 1.14 bits per heavy atom. The monoisotopic (exact) mass is 397 g/mol. The molecule has 3 amide bonds. The van der Waals surface area contributed by atoms with Crippen LogP contribution in [0, 0.1) is 19.8 Å². The van der Waals surface area contributed by atoms with Crippen molar-refractivity contribution >= 4 is 29.1 Å². The first kappa shape index (κ1) is 20.6. The second-order valence-electron chi connectivity index (χ2n) is 7.67. The zero-order valence-corrected chi connectivity index (χ0v) is 17.3. The Morgan fingerprint density at radius 3 is 2.55 bits per heavy atom. The van der Waals surface area contributed by atoms with Crippen molar-refractivity contribution in [3.05, 3.63) is 46.9 Å². The normalized spacial score (nSPS) is 13.2. The number of aryl methyl sites for hydroxylation is 3. The van der Waals surface area contributed by atoms with E-state index in [0.717, 1.165) is 35.4 Å². The molecule has 0 radical (unpaired) electrons. The number of hydrogen-bond acceptors (Lipinski definition) is 4. The Hall–Kier alpha value is -3.09. The number of carbonyl (C=O) groups excluding carboxylic acids is 3. The highest BCUT2D eigenvalue weighted by atomic mass is 16.3. The largest absolute Gasteiger partial charge is 0.466 e. The average molecular weight is 397 g/mol. The molecule has 7 heteroatoms. The fraction of sp³-hybridized carbons (Fsp3) is 0.409. The number of fused-ring (bicyclic) bond motifs is 1. The van der Waals surface area contributed by atoms with Gasteiger partial charge in [-0.15, -0.1) is 0 Å². The number of benzene rings is 1. The van der Waals surface area contributed by atoms with E-state index >= 15 is 0 Å². The van der Waals surface area contributed by atoms with Gasteiger partial charge in [0.2, 0.25) is 5.91 Å². The summed E-state index contributed by atoms with van der Waals surface area (Å²) in [6.45, 7) is 8.26. The smallest absolute Gasteiger partial charge is 0.313 e. The van der Waals surface area contributed by atoms with Crippen molar-refractivity contribution in [1.82, 2.24) is 5.32 Å². The summed E-state index contributed by atoms with van der Waals surface area (Å²) in [6, 6.07) is 7.26. The lowest BCUT2D eigenvalue weighted by Gasteiger charge is -2.31. The molecule has 154 valence electrons. The standard InChI is InChI=1S/C22H27N3O4/c1-13(2)22(28)25-9-5-6-16-7-8-18(11-19(16)25)24-21(27)20(26)23-12-17-10-14(3)29-15(17)4/h7-8,10-11,13H,5-6,9,12H2,1-4H3,(H,23,26)(H,24,27). The molecule has 0 bridgehead atoms. The molecular weight excluding hydrogens is 370 g/mol. The van der Waals surface area contributed by atoms with Gasteiger partial charge in [0, 0.05) is 35.9 Å². The number of rotatable bonds is 4. The first-order valence-electron chi connectivity index (χ1n) is 9.85. The lowest BCUT2D eigenvalue weighted by molar-refractivity contribution is -0.136. The Kier molecular flexibility index (Phi) is 6.06. The van der Waals surface area contributed by atoms with Crippen LogP contribution in [0.2, 0.25) is 0 Å². The predicted octanol–water partition coefficient (Wildman–Crippen LogP) is 3.09. The van der Waals surface area contributed by atoms with Crippen LogP contribution in [0.5, 0.6) is 0 Å². The van der Waals surface area contributed by atoms with E-state index < -0.39 is 11.8 Å². The minimum atomic E-state index is -0.750. The zero-order chi connectivity index (χ0) is 21.1. The van der Waals surface area contributed by atoms with Gasteiger partial charge in [-0.3, -0.25) is 14.4 Å². The molecule has 29 heavy (non-hydrogen) atoms. The van der Waals surface area contributed by atoms with E-state index in [1.54, 1.807) is 17.0 Å². The maximum atomic E-state index is 12.5. The first-order valence-corrected chi connectivity index (χ1v) is 9.85. The van der Waals surface area contributed by atoms with Crippen LogP contribution in [0.25, 0.3) is 0 Å². The maximum absolute atomic E-state index is 12.5. The van der Waals surface area contributed by atoms with Crippen molar-refractivity contribution in [3.8, 4) is 0 Å². The second kappa shape index (κ2) is 8.51. The van der Waals surface area contributed by atoms with Crippen LogP contribution < -0.4 is 15.5 Å². The van der Waals surface area contributed by atoms with E-state index in [0.29, 0.717) is 18.0 Å². The molecule has 0 atom stereocenters. The van der Waals surface area contributed by atoms with Gasteiger partial charge in [0.15, 0.2) is 0 Å². The van der Waals surface area contributed by atoms with Crippen LogP contribution in [0.3, 0.4) is 0 Å². The molecule has 1 aliphatic rings. The second-order valence-corrected chi connectivity index (χ2v) is 7.67. The molecule has 0 saturated carbocycles. The van der Waals surface area contributed by atoms with Gasteiger partial charge < -0.3 is 20.0 Å². The number of nitrogens with zero attached hydrogens (tertiary/aromatic N) is 1. The van der Waals surface area contributed by atoms with E-state index in [4.69, 9.17) is 4.42 Å². The van der Waals surface area contributed by atoms with E-state index in [9.17, 15) is 14.4 Å². The van der Waals surface area contributed by atoms with Crippen molar-refractivity contribution in [2.24, 2.45) is 5.92 Å². The van der Waals surface area contributed by atoms with Gasteiger partial charge in [-0.05, 0) is 50.5 Å². The molecule has 0 aliphatic carbocycles. The summed E-state index contributed by atoms with van der Waals surface area (Å²) in [6.07, 6.45) is 1.79. The molecule has 2 N–H and O–H groups in total. The zero-order valence-electron chi connectivity index (χ0n) is 17.3. The third kappa shape index (κ3) is 4.67. The number of furan rings is 1. The molecule has 1 aromatic heterocycles. The molecular formula is C22H27N3O4. The number of anilines is 2. The summed E-state index contributed by atoms with van der Waals surface area (Å²) in [4.78, 5) is 38.7. The Morgan fingerprint density at radius 2 is 1.90 bits per heavy atom. The van der Waals surface area contributed by atoms with Gasteiger partial charge in [0.05, 0.1) is 0 Å². The molecule has 2 aromatic rings. The SMILES string of the molecule is Cc1cc(CNC(=O)C(=O)Nc2ccc3c(c2)N(C(=O)C(C)C)CCC3)c(C)o1. The molecule has 1 aliphatic heterocycles.